The van der Waals surface area contributed by atoms with Crippen molar-refractivity contribution in [2.75, 3.05) is 5.32 Å². The molecule has 0 aromatic heterocycles. The van der Waals surface area contributed by atoms with Gasteiger partial charge in [0.25, 0.3) is 5.91 Å². The molecule has 0 bridgehead atoms. The normalized spacial score (nSPS) is 10.8. The van der Waals surface area contributed by atoms with Crippen molar-refractivity contribution in [1.29, 1.82) is 5.26 Å². The van der Waals surface area contributed by atoms with Gasteiger partial charge in [-0.1, -0.05) is 72.3 Å². The number of hydrogen-bond acceptors (Lipinski definition) is 3. The number of nitrogens with zero attached hydrogens (tertiary/aromatic N) is 1. The van der Waals surface area contributed by atoms with Gasteiger partial charge in [0.15, 0.2) is 5.78 Å². The molecule has 0 atom stereocenters. The van der Waals surface area contributed by atoms with E-state index >= 15 is 0 Å². The monoisotopic (exact) mass is 386 g/mol. The number of nitrogens with one attached hydrogen (secondary N) is 1. The topological polar surface area (TPSA) is 70.0 Å². The van der Waals surface area contributed by atoms with Crippen molar-refractivity contribution < 1.29 is 9.59 Å². The Hall–Kier alpha value is -3.68. The van der Waals surface area contributed by atoms with Gasteiger partial charge >= 0.3 is 0 Å². The van der Waals surface area contributed by atoms with Gasteiger partial charge in [0.05, 0.1) is 5.69 Å². The quantitative estimate of drug-likeness (QED) is 0.376. The second-order valence-electron chi connectivity index (χ2n) is 5.92. The maximum absolute atomic E-state index is 12.8. The van der Waals surface area contributed by atoms with Gasteiger partial charge in [0.1, 0.15) is 11.6 Å². The first-order chi connectivity index (χ1) is 13.6. The zero-order valence-corrected chi connectivity index (χ0v) is 15.5. The second kappa shape index (κ2) is 8.81. The summed E-state index contributed by atoms with van der Waals surface area (Å²) in [5.41, 5.74) is 1.67. The molecule has 0 fully saturated rings. The third-order valence-corrected chi connectivity index (χ3v) is 4.22. The van der Waals surface area contributed by atoms with E-state index < -0.39 is 5.91 Å². The van der Waals surface area contributed by atoms with Gasteiger partial charge < -0.3 is 5.32 Å². The molecule has 0 saturated carbocycles. The molecular weight excluding hydrogens is 372 g/mol. The van der Waals surface area contributed by atoms with Crippen molar-refractivity contribution in [3.8, 4) is 6.07 Å². The molecule has 136 valence electrons. The van der Waals surface area contributed by atoms with Crippen LogP contribution in [0.2, 0.25) is 5.02 Å². The van der Waals surface area contributed by atoms with Crippen LogP contribution in [-0.2, 0) is 4.79 Å². The van der Waals surface area contributed by atoms with Crippen molar-refractivity contribution >= 4 is 35.1 Å². The fraction of sp³-hybridized carbons (Fsp3) is 0. The van der Waals surface area contributed by atoms with Crippen LogP contribution in [0.25, 0.3) is 6.08 Å². The molecular formula is C23H15ClN2O2. The van der Waals surface area contributed by atoms with Gasteiger partial charge in [-0.25, -0.2) is 0 Å². The van der Waals surface area contributed by atoms with Gasteiger partial charge in [0, 0.05) is 16.1 Å². The molecule has 0 aliphatic carbocycles. The first-order valence-corrected chi connectivity index (χ1v) is 8.84. The van der Waals surface area contributed by atoms with E-state index in [2.05, 4.69) is 5.32 Å². The molecule has 0 radical (unpaired) electrons. The lowest BCUT2D eigenvalue weighted by atomic mass is 10.0. The van der Waals surface area contributed by atoms with E-state index in [1.54, 1.807) is 48.5 Å². The Morgan fingerprint density at radius 3 is 2.21 bits per heavy atom. The van der Waals surface area contributed by atoms with Crippen LogP contribution in [0.5, 0.6) is 0 Å². The molecule has 0 saturated heterocycles. The van der Waals surface area contributed by atoms with Crippen molar-refractivity contribution in [3.63, 3.8) is 0 Å². The number of carbonyl (C=O) groups is 2. The van der Waals surface area contributed by atoms with E-state index in [1.165, 1.54) is 12.1 Å². The van der Waals surface area contributed by atoms with Crippen molar-refractivity contribution in [3.05, 3.63) is 106 Å². The molecule has 3 aromatic rings. The lowest BCUT2D eigenvalue weighted by Crippen LogP contribution is -2.16. The Balaban J connectivity index is 1.92. The first-order valence-electron chi connectivity index (χ1n) is 8.46. The molecule has 0 aliphatic heterocycles. The number of carbonyl (C=O) groups excluding carboxylic acids is 2. The van der Waals surface area contributed by atoms with Crippen LogP contribution in [0.3, 0.4) is 0 Å². The van der Waals surface area contributed by atoms with Gasteiger partial charge in [-0.3, -0.25) is 9.59 Å². The molecule has 3 aromatic carbocycles. The summed E-state index contributed by atoms with van der Waals surface area (Å²) in [6, 6.07) is 24.3. The summed E-state index contributed by atoms with van der Waals surface area (Å²) in [6.45, 7) is 0. The molecule has 1 N–H and O–H groups in total. The fourth-order valence-electron chi connectivity index (χ4n) is 2.61. The van der Waals surface area contributed by atoms with Gasteiger partial charge in [0.2, 0.25) is 0 Å². The zero-order valence-electron chi connectivity index (χ0n) is 14.7. The Labute approximate surface area is 167 Å². The SMILES string of the molecule is N#C/C(=C\c1ccccc1)C(=O)Nc1ccc(Cl)cc1C(=O)c1ccccc1. The zero-order chi connectivity index (χ0) is 19.9. The maximum atomic E-state index is 12.8. The lowest BCUT2D eigenvalue weighted by molar-refractivity contribution is -0.112. The van der Waals surface area contributed by atoms with Gasteiger partial charge in [-0.05, 0) is 29.8 Å². The molecule has 0 spiro atoms. The van der Waals surface area contributed by atoms with Crippen molar-refractivity contribution in [2.24, 2.45) is 0 Å². The van der Waals surface area contributed by atoms with Crippen molar-refractivity contribution in [1.82, 2.24) is 0 Å². The molecule has 0 heterocycles. The van der Waals surface area contributed by atoms with Crippen LogP contribution in [0.15, 0.2) is 84.4 Å². The number of benzene rings is 3. The highest BCUT2D eigenvalue weighted by Gasteiger charge is 2.17. The van der Waals surface area contributed by atoms with E-state index in [4.69, 9.17) is 11.6 Å². The van der Waals surface area contributed by atoms with Crippen LogP contribution >= 0.6 is 11.6 Å². The Morgan fingerprint density at radius 1 is 0.929 bits per heavy atom. The summed E-state index contributed by atoms with van der Waals surface area (Å²) in [5.74, 6) is -0.875. The predicted octanol–water partition coefficient (Wildman–Crippen LogP) is 5.12. The highest BCUT2D eigenvalue weighted by atomic mass is 35.5. The van der Waals surface area contributed by atoms with Crippen LogP contribution in [0.4, 0.5) is 5.69 Å². The average molecular weight is 387 g/mol. The number of nitriles is 1. The minimum absolute atomic E-state index is 0.0701. The maximum Gasteiger partial charge on any atom is 0.266 e. The summed E-state index contributed by atoms with van der Waals surface area (Å²) in [4.78, 5) is 25.4. The minimum atomic E-state index is -0.601. The van der Waals surface area contributed by atoms with Crippen LogP contribution < -0.4 is 5.32 Å². The van der Waals surface area contributed by atoms with Crippen LogP contribution in [0.1, 0.15) is 21.5 Å². The largest absolute Gasteiger partial charge is 0.321 e. The Morgan fingerprint density at radius 2 is 1.57 bits per heavy atom. The third-order valence-electron chi connectivity index (χ3n) is 3.99. The summed E-state index contributed by atoms with van der Waals surface area (Å²) in [6.07, 6.45) is 1.49. The number of hydrogen-bond donors (Lipinski definition) is 1. The van der Waals surface area contributed by atoms with Crippen LogP contribution in [0, 0.1) is 11.3 Å². The molecule has 1 amide bonds. The molecule has 0 unspecified atom stereocenters. The molecule has 28 heavy (non-hydrogen) atoms. The van der Waals surface area contributed by atoms with Crippen LogP contribution in [-0.4, -0.2) is 11.7 Å². The number of ketones is 1. The summed E-state index contributed by atoms with van der Waals surface area (Å²) in [5, 5.41) is 12.4. The Kier molecular flexibility index (Phi) is 6.01. The summed E-state index contributed by atoms with van der Waals surface area (Å²) in [7, 11) is 0. The number of amides is 1. The average Bonchev–Trinajstić information content (AvgIpc) is 2.74. The lowest BCUT2D eigenvalue weighted by Gasteiger charge is -2.11. The molecule has 3 rings (SSSR count). The van der Waals surface area contributed by atoms with E-state index in [-0.39, 0.29) is 22.6 Å². The standard InChI is InChI=1S/C23H15ClN2O2/c24-19-11-12-21(20(14-19)22(27)17-9-5-2-6-10-17)26-23(28)18(15-25)13-16-7-3-1-4-8-16/h1-14H,(H,26,28)/b18-13+. The second-order valence-corrected chi connectivity index (χ2v) is 6.36. The number of rotatable bonds is 5. The predicted molar refractivity (Wildman–Crippen MR) is 110 cm³/mol. The minimum Gasteiger partial charge on any atom is -0.321 e. The number of halogens is 1. The third kappa shape index (κ3) is 4.53. The first kappa shape index (κ1) is 19.1. The van der Waals surface area contributed by atoms with Gasteiger partial charge in [-0.15, -0.1) is 0 Å². The molecule has 0 aliphatic rings. The fourth-order valence-corrected chi connectivity index (χ4v) is 2.78. The molecule has 5 heteroatoms. The smallest absolute Gasteiger partial charge is 0.266 e. The van der Waals surface area contributed by atoms with Crippen molar-refractivity contribution in [2.45, 2.75) is 0 Å². The summed E-state index contributed by atoms with van der Waals surface area (Å²) >= 11 is 6.05. The van der Waals surface area contributed by atoms with Gasteiger partial charge in [-0.2, -0.15) is 5.26 Å². The summed E-state index contributed by atoms with van der Waals surface area (Å²) < 4.78 is 0. The Bertz CT molecular complexity index is 1080. The van der Waals surface area contributed by atoms with E-state index in [0.29, 0.717) is 10.6 Å². The molecule has 4 nitrogen and oxygen atoms in total. The van der Waals surface area contributed by atoms with E-state index in [9.17, 15) is 14.9 Å². The number of anilines is 1. The van der Waals surface area contributed by atoms with E-state index in [0.717, 1.165) is 5.56 Å². The highest BCUT2D eigenvalue weighted by Crippen LogP contribution is 2.24. The highest BCUT2D eigenvalue weighted by molar-refractivity contribution is 6.31. The van der Waals surface area contributed by atoms with E-state index in [1.807, 2.05) is 30.3 Å².